The van der Waals surface area contributed by atoms with E-state index in [9.17, 15) is 13.2 Å². The lowest BCUT2D eigenvalue weighted by molar-refractivity contribution is 0.0734. The third-order valence-electron chi connectivity index (χ3n) is 3.61. The number of esters is 1. The zero-order chi connectivity index (χ0) is 20.0. The van der Waals surface area contributed by atoms with Gasteiger partial charge < -0.3 is 4.74 Å². The van der Waals surface area contributed by atoms with E-state index in [4.69, 9.17) is 16.3 Å². The Hall–Kier alpha value is -3.16. The molecule has 0 radical (unpaired) electrons. The van der Waals surface area contributed by atoms with Crippen molar-refractivity contribution in [3.8, 4) is 5.75 Å². The van der Waals surface area contributed by atoms with Crippen LogP contribution in [0.25, 0.3) is 0 Å². The third-order valence-corrected chi connectivity index (χ3v) is 5.10. The lowest BCUT2D eigenvalue weighted by Gasteiger charge is -2.05. The second kappa shape index (κ2) is 8.69. The maximum atomic E-state index is 12.1. The summed E-state index contributed by atoms with van der Waals surface area (Å²) in [6.07, 6.45) is 1.35. The number of hydrazone groups is 1. The Balaban J connectivity index is 1.60. The van der Waals surface area contributed by atoms with E-state index in [0.29, 0.717) is 21.9 Å². The van der Waals surface area contributed by atoms with Crippen LogP contribution in [0.4, 0.5) is 0 Å². The molecule has 28 heavy (non-hydrogen) atoms. The third kappa shape index (κ3) is 5.18. The van der Waals surface area contributed by atoms with Gasteiger partial charge in [0.25, 0.3) is 10.0 Å². The molecule has 1 N–H and O–H groups in total. The molecule has 0 fully saturated rings. The number of carbonyl (C=O) groups is 1. The minimum atomic E-state index is -3.71. The monoisotopic (exact) mass is 414 g/mol. The fraction of sp³-hybridized carbons (Fsp3) is 0. The van der Waals surface area contributed by atoms with Crippen LogP contribution in [0, 0.1) is 0 Å². The van der Waals surface area contributed by atoms with Crippen LogP contribution < -0.4 is 9.57 Å². The van der Waals surface area contributed by atoms with E-state index < -0.39 is 16.0 Å². The van der Waals surface area contributed by atoms with Crippen molar-refractivity contribution < 1.29 is 17.9 Å². The van der Waals surface area contributed by atoms with Gasteiger partial charge in [0.2, 0.25) is 0 Å². The summed E-state index contributed by atoms with van der Waals surface area (Å²) >= 11 is 5.79. The highest BCUT2D eigenvalue weighted by Crippen LogP contribution is 2.15. The van der Waals surface area contributed by atoms with Crippen molar-refractivity contribution in [2.45, 2.75) is 4.90 Å². The van der Waals surface area contributed by atoms with E-state index in [0.717, 1.165) is 0 Å². The number of rotatable bonds is 6. The summed E-state index contributed by atoms with van der Waals surface area (Å²) in [6, 6.07) is 20.7. The molecule has 0 aliphatic heterocycles. The minimum Gasteiger partial charge on any atom is -0.423 e. The average molecular weight is 415 g/mol. The van der Waals surface area contributed by atoms with Gasteiger partial charge >= 0.3 is 5.97 Å². The van der Waals surface area contributed by atoms with Crippen molar-refractivity contribution in [1.82, 2.24) is 4.83 Å². The molecule has 3 rings (SSSR count). The summed E-state index contributed by atoms with van der Waals surface area (Å²) in [7, 11) is -3.71. The molecule has 0 saturated heterocycles. The van der Waals surface area contributed by atoms with Crippen molar-refractivity contribution in [2.24, 2.45) is 5.10 Å². The second-order valence-electron chi connectivity index (χ2n) is 5.63. The van der Waals surface area contributed by atoms with E-state index in [1.54, 1.807) is 66.7 Å². The smallest absolute Gasteiger partial charge is 0.343 e. The standard InChI is InChI=1S/C20H15ClN2O4S/c21-17-10-8-16(9-11-17)20(24)27-18-12-6-15(7-13-18)14-22-23-28(25,26)19-4-2-1-3-5-19/h1-14,23H. The molecule has 0 aliphatic carbocycles. The van der Waals surface area contributed by atoms with Gasteiger partial charge in [-0.1, -0.05) is 29.8 Å². The fourth-order valence-corrected chi connectivity index (χ4v) is 3.13. The lowest BCUT2D eigenvalue weighted by atomic mass is 10.2. The van der Waals surface area contributed by atoms with Crippen LogP contribution in [0.5, 0.6) is 5.75 Å². The molecule has 0 amide bonds. The van der Waals surface area contributed by atoms with Gasteiger partial charge in [0.05, 0.1) is 16.7 Å². The highest BCUT2D eigenvalue weighted by molar-refractivity contribution is 7.89. The first-order chi connectivity index (χ1) is 13.4. The molecule has 0 bridgehead atoms. The van der Waals surface area contributed by atoms with Gasteiger partial charge in [0.15, 0.2) is 0 Å². The summed E-state index contributed by atoms with van der Waals surface area (Å²) in [5, 5.41) is 4.28. The quantitative estimate of drug-likeness (QED) is 0.287. The summed E-state index contributed by atoms with van der Waals surface area (Å²) in [4.78, 5) is 14.3. The predicted octanol–water partition coefficient (Wildman–Crippen LogP) is 3.87. The number of nitrogens with zero attached hydrogens (tertiary/aromatic N) is 1. The van der Waals surface area contributed by atoms with Gasteiger partial charge in [-0.05, 0) is 66.2 Å². The first-order valence-corrected chi connectivity index (χ1v) is 9.98. The molecule has 0 heterocycles. The number of halogens is 1. The van der Waals surface area contributed by atoms with Gasteiger partial charge in [0.1, 0.15) is 5.75 Å². The molecule has 6 nitrogen and oxygen atoms in total. The van der Waals surface area contributed by atoms with Crippen LogP contribution in [0.1, 0.15) is 15.9 Å². The Bertz CT molecular complexity index is 1080. The Labute approximate surface area is 167 Å². The zero-order valence-electron chi connectivity index (χ0n) is 14.4. The highest BCUT2D eigenvalue weighted by atomic mass is 35.5. The number of sulfonamides is 1. The SMILES string of the molecule is O=C(Oc1ccc(C=NNS(=O)(=O)c2ccccc2)cc1)c1ccc(Cl)cc1. The van der Waals surface area contributed by atoms with Crippen LogP contribution in [0.3, 0.4) is 0 Å². The van der Waals surface area contributed by atoms with Crippen molar-refractivity contribution in [3.63, 3.8) is 0 Å². The molecule has 0 unspecified atom stereocenters. The first kappa shape index (κ1) is 19.6. The van der Waals surface area contributed by atoms with Gasteiger partial charge in [-0.3, -0.25) is 0 Å². The number of carbonyl (C=O) groups excluding carboxylic acids is 1. The number of hydrogen-bond donors (Lipinski definition) is 1. The summed E-state index contributed by atoms with van der Waals surface area (Å²) in [5.74, 6) is -0.157. The number of ether oxygens (including phenoxy) is 1. The van der Waals surface area contributed by atoms with E-state index >= 15 is 0 Å². The number of benzene rings is 3. The van der Waals surface area contributed by atoms with E-state index in [-0.39, 0.29) is 4.90 Å². The van der Waals surface area contributed by atoms with E-state index in [2.05, 4.69) is 9.93 Å². The molecular weight excluding hydrogens is 400 g/mol. The van der Waals surface area contributed by atoms with Crippen molar-refractivity contribution >= 4 is 33.8 Å². The molecule has 8 heteroatoms. The Morgan fingerprint density at radius 1 is 0.929 bits per heavy atom. The van der Waals surface area contributed by atoms with E-state index in [1.165, 1.54) is 18.3 Å². The summed E-state index contributed by atoms with van der Waals surface area (Å²) in [5.41, 5.74) is 1.01. The van der Waals surface area contributed by atoms with Gasteiger partial charge in [-0.15, -0.1) is 0 Å². The molecule has 142 valence electrons. The van der Waals surface area contributed by atoms with Crippen LogP contribution in [-0.2, 0) is 10.0 Å². The Morgan fingerprint density at radius 3 is 2.21 bits per heavy atom. The van der Waals surface area contributed by atoms with E-state index in [1.807, 2.05) is 0 Å². The normalized spacial score (nSPS) is 11.3. The first-order valence-electron chi connectivity index (χ1n) is 8.12. The molecule has 0 spiro atoms. The lowest BCUT2D eigenvalue weighted by Crippen LogP contribution is -2.18. The molecule has 3 aromatic rings. The van der Waals surface area contributed by atoms with Gasteiger partial charge in [-0.25, -0.2) is 9.63 Å². The minimum absolute atomic E-state index is 0.122. The highest BCUT2D eigenvalue weighted by Gasteiger charge is 2.11. The van der Waals surface area contributed by atoms with Crippen LogP contribution in [0.2, 0.25) is 5.02 Å². The van der Waals surface area contributed by atoms with Crippen LogP contribution in [0.15, 0.2) is 88.9 Å². The van der Waals surface area contributed by atoms with Crippen molar-refractivity contribution in [1.29, 1.82) is 0 Å². The van der Waals surface area contributed by atoms with Crippen molar-refractivity contribution in [2.75, 3.05) is 0 Å². The fourth-order valence-electron chi connectivity index (χ4n) is 2.20. The molecule has 0 atom stereocenters. The predicted molar refractivity (Wildman–Crippen MR) is 107 cm³/mol. The summed E-state index contributed by atoms with van der Waals surface area (Å²) < 4.78 is 29.4. The average Bonchev–Trinajstić information content (AvgIpc) is 2.70. The maximum absolute atomic E-state index is 12.1. The number of hydrogen-bond acceptors (Lipinski definition) is 5. The van der Waals surface area contributed by atoms with Crippen LogP contribution >= 0.6 is 11.6 Å². The maximum Gasteiger partial charge on any atom is 0.343 e. The molecule has 0 saturated carbocycles. The Morgan fingerprint density at radius 2 is 1.57 bits per heavy atom. The topological polar surface area (TPSA) is 84.8 Å². The molecule has 3 aromatic carbocycles. The van der Waals surface area contributed by atoms with Gasteiger partial charge in [0, 0.05) is 5.02 Å². The molecular formula is C20H15ClN2O4S. The second-order valence-corrected chi connectivity index (χ2v) is 7.73. The number of nitrogens with one attached hydrogen (secondary N) is 1. The molecule has 0 aliphatic rings. The largest absolute Gasteiger partial charge is 0.423 e. The van der Waals surface area contributed by atoms with Gasteiger partial charge in [-0.2, -0.15) is 13.5 Å². The van der Waals surface area contributed by atoms with Crippen molar-refractivity contribution in [3.05, 3.63) is 95.0 Å². The zero-order valence-corrected chi connectivity index (χ0v) is 16.0. The van der Waals surface area contributed by atoms with Crippen LogP contribution in [-0.4, -0.2) is 20.6 Å². The summed E-state index contributed by atoms with van der Waals surface area (Å²) in [6.45, 7) is 0. The Kier molecular flexibility index (Phi) is 6.08. The molecule has 0 aromatic heterocycles.